The second kappa shape index (κ2) is 5.86. The summed E-state index contributed by atoms with van der Waals surface area (Å²) < 4.78 is 13.3. The van der Waals surface area contributed by atoms with E-state index in [0.29, 0.717) is 11.7 Å². The van der Waals surface area contributed by atoms with Crippen molar-refractivity contribution in [2.75, 3.05) is 24.6 Å². The van der Waals surface area contributed by atoms with Crippen LogP contribution < -0.4 is 5.73 Å². The first-order valence-corrected chi connectivity index (χ1v) is 6.65. The fourth-order valence-electron chi connectivity index (χ4n) is 1.58. The Morgan fingerprint density at radius 1 is 1.53 bits per heavy atom. The Hall–Kier alpha value is -1.30. The molecule has 1 aliphatic heterocycles. The number of hydrogen-bond acceptors (Lipinski definition) is 3. The maximum atomic E-state index is 13.3. The molecule has 1 saturated heterocycles. The molecule has 6 heteroatoms. The molecule has 2 N–H and O–H groups in total. The van der Waals surface area contributed by atoms with Gasteiger partial charge in [-0.05, 0) is 12.1 Å². The molecular weight excluding hydrogens is 239 g/mol. The van der Waals surface area contributed by atoms with Gasteiger partial charge in [-0.2, -0.15) is 11.8 Å². The highest BCUT2D eigenvalue weighted by molar-refractivity contribution is 7.99. The van der Waals surface area contributed by atoms with E-state index < -0.39 is 0 Å². The average Bonchev–Trinajstić information content (AvgIpc) is 2.38. The molecule has 4 nitrogen and oxygen atoms in total. The molecule has 1 fully saturated rings. The molecule has 0 atom stereocenters. The molecule has 0 bridgehead atoms. The van der Waals surface area contributed by atoms with Crippen LogP contribution in [0.25, 0.3) is 0 Å². The van der Waals surface area contributed by atoms with Gasteiger partial charge in [-0.1, -0.05) is 0 Å². The molecule has 1 aromatic heterocycles. The Kier molecular flexibility index (Phi) is 4.19. The maximum Gasteiger partial charge on any atom is 0.191 e. The summed E-state index contributed by atoms with van der Waals surface area (Å²) in [6.07, 6.45) is 1.56. The van der Waals surface area contributed by atoms with Gasteiger partial charge in [-0.25, -0.2) is 9.38 Å². The lowest BCUT2D eigenvalue weighted by Crippen LogP contribution is -2.42. The summed E-state index contributed by atoms with van der Waals surface area (Å²) in [5.74, 6) is 2.27. The summed E-state index contributed by atoms with van der Waals surface area (Å²) in [5.41, 5.74) is 6.20. The van der Waals surface area contributed by atoms with E-state index >= 15 is 0 Å². The van der Waals surface area contributed by atoms with Gasteiger partial charge < -0.3 is 10.6 Å². The molecule has 0 unspecified atom stereocenters. The third kappa shape index (κ3) is 3.33. The summed E-state index contributed by atoms with van der Waals surface area (Å²) in [6.45, 7) is 2.01. The van der Waals surface area contributed by atoms with E-state index in [1.807, 2.05) is 16.7 Å². The van der Waals surface area contributed by atoms with Crippen LogP contribution in [0.3, 0.4) is 0 Å². The molecule has 0 spiro atoms. The van der Waals surface area contributed by atoms with Crippen LogP contribution in [0.15, 0.2) is 23.3 Å². The van der Waals surface area contributed by atoms with Crippen LogP contribution in [0.5, 0.6) is 0 Å². The Morgan fingerprint density at radius 2 is 2.29 bits per heavy atom. The fraction of sp³-hybridized carbons (Fsp3) is 0.455. The van der Waals surface area contributed by atoms with Crippen molar-refractivity contribution in [3.05, 3.63) is 29.8 Å². The van der Waals surface area contributed by atoms with Crippen molar-refractivity contribution in [1.82, 2.24) is 9.88 Å². The van der Waals surface area contributed by atoms with Crippen LogP contribution in [0.4, 0.5) is 4.39 Å². The number of thioether (sulfide) groups is 1. The van der Waals surface area contributed by atoms with E-state index in [2.05, 4.69) is 9.98 Å². The number of guanidine groups is 1. The maximum absolute atomic E-state index is 13.3. The van der Waals surface area contributed by atoms with E-state index in [1.54, 1.807) is 12.3 Å². The normalized spacial score (nSPS) is 17.2. The number of pyridine rings is 1. The molecule has 2 heterocycles. The van der Waals surface area contributed by atoms with Gasteiger partial charge >= 0.3 is 0 Å². The zero-order valence-corrected chi connectivity index (χ0v) is 10.3. The Morgan fingerprint density at radius 3 is 3.00 bits per heavy atom. The minimum absolute atomic E-state index is 0.197. The van der Waals surface area contributed by atoms with Crippen molar-refractivity contribution >= 4 is 17.7 Å². The molecule has 1 aliphatic rings. The van der Waals surface area contributed by atoms with Crippen LogP contribution in [0.1, 0.15) is 5.69 Å². The standard InChI is InChI=1S/C11H15FN4S/c12-9-2-1-3-14-10(9)8-15-11(13)16-4-6-17-7-5-16/h1-3H,4-8H2,(H2,13,15). The minimum atomic E-state index is -0.335. The van der Waals surface area contributed by atoms with Gasteiger partial charge in [0.25, 0.3) is 0 Å². The van der Waals surface area contributed by atoms with E-state index in [9.17, 15) is 4.39 Å². The summed E-state index contributed by atoms with van der Waals surface area (Å²) in [6, 6.07) is 2.94. The van der Waals surface area contributed by atoms with Crippen molar-refractivity contribution in [3.8, 4) is 0 Å². The molecule has 0 aromatic carbocycles. The highest BCUT2D eigenvalue weighted by atomic mass is 32.2. The van der Waals surface area contributed by atoms with Crippen LogP contribution >= 0.6 is 11.8 Å². The van der Waals surface area contributed by atoms with Gasteiger partial charge in [0.2, 0.25) is 0 Å². The first-order valence-electron chi connectivity index (χ1n) is 5.49. The average molecular weight is 254 g/mol. The molecule has 0 radical (unpaired) electrons. The summed E-state index contributed by atoms with van der Waals surface area (Å²) >= 11 is 1.91. The lowest BCUT2D eigenvalue weighted by atomic mass is 10.3. The van der Waals surface area contributed by atoms with Gasteiger partial charge in [-0.15, -0.1) is 0 Å². The molecule has 0 saturated carbocycles. The first kappa shape index (κ1) is 12.2. The van der Waals surface area contributed by atoms with Crippen molar-refractivity contribution in [2.45, 2.75) is 6.54 Å². The number of nitrogens with two attached hydrogens (primary N) is 1. The summed E-state index contributed by atoms with van der Waals surface area (Å²) in [7, 11) is 0. The second-order valence-corrected chi connectivity index (χ2v) is 4.93. The smallest absolute Gasteiger partial charge is 0.191 e. The number of aromatic nitrogens is 1. The third-order valence-electron chi connectivity index (χ3n) is 2.56. The topological polar surface area (TPSA) is 54.5 Å². The number of hydrogen-bond donors (Lipinski definition) is 1. The largest absolute Gasteiger partial charge is 0.370 e. The molecule has 0 amide bonds. The zero-order chi connectivity index (χ0) is 12.1. The van der Waals surface area contributed by atoms with Crippen molar-refractivity contribution < 1.29 is 4.39 Å². The first-order chi connectivity index (χ1) is 8.27. The van der Waals surface area contributed by atoms with Gasteiger partial charge in [0.1, 0.15) is 5.82 Å². The van der Waals surface area contributed by atoms with Crippen LogP contribution in [-0.2, 0) is 6.54 Å². The molecular formula is C11H15FN4S. The highest BCUT2D eigenvalue weighted by Gasteiger charge is 2.12. The van der Waals surface area contributed by atoms with Crippen LogP contribution in [0, 0.1) is 5.82 Å². The number of aliphatic imine (C=N–C) groups is 1. The third-order valence-corrected chi connectivity index (χ3v) is 3.50. The Labute approximate surface area is 104 Å². The quantitative estimate of drug-likeness (QED) is 0.634. The second-order valence-electron chi connectivity index (χ2n) is 3.71. The number of halogens is 1. The Bertz CT molecular complexity index is 404. The predicted molar refractivity (Wildman–Crippen MR) is 68.4 cm³/mol. The van der Waals surface area contributed by atoms with E-state index in [1.165, 1.54) is 6.07 Å². The van der Waals surface area contributed by atoms with E-state index in [-0.39, 0.29) is 12.4 Å². The SMILES string of the molecule is NC(=NCc1ncccc1F)N1CCSCC1. The van der Waals surface area contributed by atoms with Crippen molar-refractivity contribution in [2.24, 2.45) is 10.7 Å². The molecule has 1 aromatic rings. The minimum Gasteiger partial charge on any atom is -0.370 e. The lowest BCUT2D eigenvalue weighted by molar-refractivity contribution is 0.455. The molecule has 92 valence electrons. The van der Waals surface area contributed by atoms with Gasteiger partial charge in [-0.3, -0.25) is 4.98 Å². The molecule has 0 aliphatic carbocycles. The Balaban J connectivity index is 1.97. The summed E-state index contributed by atoms with van der Waals surface area (Å²) in [5, 5.41) is 0. The van der Waals surface area contributed by atoms with E-state index in [0.717, 1.165) is 24.6 Å². The van der Waals surface area contributed by atoms with Crippen molar-refractivity contribution in [3.63, 3.8) is 0 Å². The van der Waals surface area contributed by atoms with Gasteiger partial charge in [0.05, 0.1) is 12.2 Å². The molecule has 2 rings (SSSR count). The zero-order valence-electron chi connectivity index (χ0n) is 9.47. The fourth-order valence-corrected chi connectivity index (χ4v) is 2.49. The van der Waals surface area contributed by atoms with Crippen LogP contribution in [-0.4, -0.2) is 40.4 Å². The summed E-state index contributed by atoms with van der Waals surface area (Å²) in [4.78, 5) is 10.1. The van der Waals surface area contributed by atoms with Gasteiger partial charge in [0.15, 0.2) is 5.96 Å². The van der Waals surface area contributed by atoms with Crippen LogP contribution in [0.2, 0.25) is 0 Å². The molecule has 17 heavy (non-hydrogen) atoms. The number of rotatable bonds is 2. The van der Waals surface area contributed by atoms with Crippen molar-refractivity contribution in [1.29, 1.82) is 0 Å². The number of nitrogens with zero attached hydrogens (tertiary/aromatic N) is 3. The predicted octanol–water partition coefficient (Wildman–Crippen LogP) is 1.08. The van der Waals surface area contributed by atoms with E-state index in [4.69, 9.17) is 5.73 Å². The van der Waals surface area contributed by atoms with Gasteiger partial charge in [0, 0.05) is 30.8 Å². The lowest BCUT2D eigenvalue weighted by Gasteiger charge is -2.27. The monoisotopic (exact) mass is 254 g/mol. The highest BCUT2D eigenvalue weighted by Crippen LogP contribution is 2.09.